The number of phenols is 2. The number of nitrogens with zero attached hydrogens (tertiary/aromatic N) is 4. The monoisotopic (exact) mass is 451 g/mol. The van der Waals surface area contributed by atoms with Crippen molar-refractivity contribution in [1.82, 2.24) is 15.2 Å². The highest BCUT2D eigenvalue weighted by atomic mass is 16.3. The minimum absolute atomic E-state index is 0.00308. The van der Waals surface area contributed by atoms with E-state index in [1.54, 1.807) is 18.5 Å². The quantitative estimate of drug-likeness (QED) is 0.339. The predicted molar refractivity (Wildman–Crippen MR) is 133 cm³/mol. The fourth-order valence-corrected chi connectivity index (χ4v) is 3.74. The molecular formula is C27H25N5O2. The molecule has 5 rings (SSSR count). The Morgan fingerprint density at radius 1 is 1.00 bits per heavy atom. The van der Waals surface area contributed by atoms with Crippen LogP contribution in [0.1, 0.15) is 24.0 Å². The van der Waals surface area contributed by atoms with E-state index in [2.05, 4.69) is 27.1 Å². The minimum Gasteiger partial charge on any atom is -0.508 e. The van der Waals surface area contributed by atoms with E-state index in [4.69, 9.17) is 0 Å². The lowest BCUT2D eigenvalue weighted by Crippen LogP contribution is -2.20. The lowest BCUT2D eigenvalue weighted by atomic mass is 10.1. The van der Waals surface area contributed by atoms with E-state index in [9.17, 15) is 10.2 Å². The Morgan fingerprint density at radius 2 is 1.82 bits per heavy atom. The molecule has 3 N–H and O–H groups in total. The molecular weight excluding hydrogens is 426 g/mol. The molecule has 0 unspecified atom stereocenters. The summed E-state index contributed by atoms with van der Waals surface area (Å²) >= 11 is 0. The Kier molecular flexibility index (Phi) is 5.82. The van der Waals surface area contributed by atoms with Crippen molar-refractivity contribution < 1.29 is 10.2 Å². The second-order valence-electron chi connectivity index (χ2n) is 8.36. The normalized spacial score (nSPS) is 12.8. The Morgan fingerprint density at radius 3 is 2.47 bits per heavy atom. The summed E-state index contributed by atoms with van der Waals surface area (Å²) < 4.78 is 0. The molecule has 34 heavy (non-hydrogen) atoms. The van der Waals surface area contributed by atoms with Crippen LogP contribution in [-0.2, 0) is 6.54 Å². The van der Waals surface area contributed by atoms with Gasteiger partial charge in [-0.05, 0) is 60.9 Å². The smallest absolute Gasteiger partial charge is 0.148 e. The predicted octanol–water partition coefficient (Wildman–Crippen LogP) is 5.20. The third-order valence-electron chi connectivity index (χ3n) is 5.75. The van der Waals surface area contributed by atoms with Crippen molar-refractivity contribution in [3.05, 3.63) is 96.8 Å². The van der Waals surface area contributed by atoms with Crippen LogP contribution in [0.25, 0.3) is 17.0 Å². The van der Waals surface area contributed by atoms with E-state index >= 15 is 0 Å². The summed E-state index contributed by atoms with van der Waals surface area (Å²) in [6.07, 6.45) is 5.91. The van der Waals surface area contributed by atoms with Crippen LogP contribution in [0.5, 0.6) is 11.5 Å². The topological polar surface area (TPSA) is 94.4 Å². The van der Waals surface area contributed by atoms with Gasteiger partial charge in [-0.3, -0.25) is 4.98 Å². The van der Waals surface area contributed by atoms with Crippen molar-refractivity contribution in [3.63, 3.8) is 0 Å². The van der Waals surface area contributed by atoms with E-state index < -0.39 is 0 Å². The molecule has 2 aromatic heterocycles. The van der Waals surface area contributed by atoms with Crippen molar-refractivity contribution >= 4 is 17.2 Å². The maximum atomic E-state index is 10.4. The molecule has 7 nitrogen and oxygen atoms in total. The molecule has 4 aromatic rings. The van der Waals surface area contributed by atoms with Crippen molar-refractivity contribution in [3.8, 4) is 22.8 Å². The highest BCUT2D eigenvalue weighted by Gasteiger charge is 2.21. The van der Waals surface area contributed by atoms with Gasteiger partial charge in [0.15, 0.2) is 0 Å². The van der Waals surface area contributed by atoms with E-state index in [1.807, 2.05) is 53.4 Å². The van der Waals surface area contributed by atoms with Gasteiger partial charge in [-0.2, -0.15) is 0 Å². The lowest BCUT2D eigenvalue weighted by Gasteiger charge is -2.28. The molecule has 2 heterocycles. The number of aromatic hydroxyl groups is 2. The fourth-order valence-electron chi connectivity index (χ4n) is 3.74. The number of rotatable bonds is 8. The minimum atomic E-state index is -0.0343. The first-order valence-electron chi connectivity index (χ1n) is 11.2. The summed E-state index contributed by atoms with van der Waals surface area (Å²) in [4.78, 5) is 6.22. The van der Waals surface area contributed by atoms with Crippen LogP contribution in [0, 0.1) is 0 Å². The third-order valence-corrected chi connectivity index (χ3v) is 5.75. The van der Waals surface area contributed by atoms with E-state index in [0.29, 0.717) is 23.8 Å². The Bertz CT molecular complexity index is 1290. The van der Waals surface area contributed by atoms with Crippen LogP contribution in [0.2, 0.25) is 0 Å². The summed E-state index contributed by atoms with van der Waals surface area (Å²) in [5, 5.41) is 32.1. The van der Waals surface area contributed by atoms with Gasteiger partial charge in [0.25, 0.3) is 0 Å². The van der Waals surface area contributed by atoms with E-state index in [0.717, 1.165) is 28.3 Å². The molecule has 0 aliphatic heterocycles. The van der Waals surface area contributed by atoms with Crippen molar-refractivity contribution in [1.29, 1.82) is 0 Å². The summed E-state index contributed by atoms with van der Waals surface area (Å²) in [5.74, 6) is 0.764. The van der Waals surface area contributed by atoms with Crippen molar-refractivity contribution in [2.75, 3.05) is 10.2 Å². The molecule has 2 aromatic carbocycles. The van der Waals surface area contributed by atoms with Gasteiger partial charge in [-0.15, -0.1) is 10.2 Å². The van der Waals surface area contributed by atoms with Gasteiger partial charge in [-0.25, -0.2) is 0 Å². The van der Waals surface area contributed by atoms with Gasteiger partial charge in [0.05, 0.1) is 5.69 Å². The van der Waals surface area contributed by atoms with Crippen LogP contribution < -0.4 is 10.2 Å². The molecule has 1 aliphatic carbocycles. The zero-order valence-electron chi connectivity index (χ0n) is 18.6. The summed E-state index contributed by atoms with van der Waals surface area (Å²) in [6, 6.07) is 20.8. The lowest BCUT2D eigenvalue weighted by molar-refractivity contribution is 0.449. The molecule has 1 aliphatic rings. The number of hydrogen-bond acceptors (Lipinski definition) is 7. The summed E-state index contributed by atoms with van der Waals surface area (Å²) in [7, 11) is 0. The molecule has 0 saturated heterocycles. The number of anilines is 2. The van der Waals surface area contributed by atoms with Crippen molar-refractivity contribution in [2.45, 2.75) is 25.4 Å². The summed E-state index contributed by atoms with van der Waals surface area (Å²) in [5.41, 5.74) is 4.77. The molecule has 170 valence electrons. The molecule has 7 heteroatoms. The van der Waals surface area contributed by atoms with E-state index in [-0.39, 0.29) is 11.5 Å². The molecule has 0 bridgehead atoms. The summed E-state index contributed by atoms with van der Waals surface area (Å²) in [6.45, 7) is 4.75. The number of phenolic OH excluding ortho intramolecular Hbond substituents is 2. The first-order valence-corrected chi connectivity index (χ1v) is 11.2. The van der Waals surface area contributed by atoms with E-state index in [1.165, 1.54) is 25.0 Å². The Hall–Kier alpha value is -4.39. The third kappa shape index (κ3) is 4.83. The Labute approximate surface area is 198 Å². The van der Waals surface area contributed by atoms with Gasteiger partial charge in [0.1, 0.15) is 17.3 Å². The molecule has 1 saturated carbocycles. The zero-order chi connectivity index (χ0) is 23.5. The van der Waals surface area contributed by atoms with Crippen LogP contribution >= 0.6 is 0 Å². The first-order chi connectivity index (χ1) is 16.6. The second kappa shape index (κ2) is 9.23. The number of benzene rings is 2. The number of hydrogen-bond donors (Lipinski definition) is 3. The maximum Gasteiger partial charge on any atom is 0.148 e. The van der Waals surface area contributed by atoms with Crippen LogP contribution in [0.4, 0.5) is 11.5 Å². The maximum absolute atomic E-state index is 10.4. The van der Waals surface area contributed by atoms with Crippen LogP contribution in [-0.4, -0.2) is 31.4 Å². The first kappa shape index (κ1) is 21.5. The van der Waals surface area contributed by atoms with Gasteiger partial charge >= 0.3 is 0 Å². The van der Waals surface area contributed by atoms with Crippen molar-refractivity contribution in [2.24, 2.45) is 0 Å². The average Bonchev–Trinajstić information content (AvgIpc) is 3.68. The standard InChI is InChI=1S/C27H25N5O2/c1-18(24-11-10-23(33)15-26(24)34)32(17-19-3-2-14-28-16-19)22-8-4-20(5-9-22)25-12-13-27(31-30-25)29-21-6-7-21/h2-5,8-16,21,33-34H,1,6-7,17H2,(H,29,31). The zero-order valence-corrected chi connectivity index (χ0v) is 18.6. The van der Waals surface area contributed by atoms with Crippen LogP contribution in [0.15, 0.2) is 85.7 Å². The fraction of sp³-hybridized carbons (Fsp3) is 0.148. The molecule has 1 fully saturated rings. The average molecular weight is 452 g/mol. The molecule has 0 amide bonds. The van der Waals surface area contributed by atoms with Gasteiger partial charge in [0, 0.05) is 53.6 Å². The molecule has 0 radical (unpaired) electrons. The van der Waals surface area contributed by atoms with Gasteiger partial charge in [0.2, 0.25) is 0 Å². The second-order valence-corrected chi connectivity index (χ2v) is 8.36. The highest BCUT2D eigenvalue weighted by Crippen LogP contribution is 2.34. The van der Waals surface area contributed by atoms with Gasteiger partial charge < -0.3 is 20.4 Å². The molecule has 0 atom stereocenters. The van der Waals surface area contributed by atoms with Crippen LogP contribution in [0.3, 0.4) is 0 Å². The number of nitrogens with one attached hydrogen (secondary N) is 1. The SMILES string of the molecule is C=C(c1ccc(O)cc1O)N(Cc1cccnc1)c1ccc(-c2ccc(NC3CC3)nn2)cc1. The number of aromatic nitrogens is 3. The number of pyridine rings is 1. The molecule has 0 spiro atoms. The van der Waals surface area contributed by atoms with Gasteiger partial charge in [-0.1, -0.05) is 24.8 Å². The largest absolute Gasteiger partial charge is 0.508 e. The highest BCUT2D eigenvalue weighted by molar-refractivity contribution is 5.81. The Balaban J connectivity index is 1.42.